The molecular weight excluding hydrogens is 280 g/mol. The number of halogens is 1. The van der Waals surface area contributed by atoms with E-state index in [2.05, 4.69) is 20.4 Å². The Morgan fingerprint density at radius 2 is 2.20 bits per heavy atom. The highest BCUT2D eigenvalue weighted by atomic mass is 35.5. The molecule has 1 atom stereocenters. The largest absolute Gasteiger partial charge is 0.394 e. The molecule has 1 aromatic heterocycles. The maximum absolute atomic E-state index is 12.0. The van der Waals surface area contributed by atoms with E-state index in [9.17, 15) is 4.79 Å². The Hall–Kier alpha value is -1.40. The minimum absolute atomic E-state index is 0.000472. The van der Waals surface area contributed by atoms with Gasteiger partial charge in [0.05, 0.1) is 6.61 Å². The van der Waals surface area contributed by atoms with E-state index in [0.717, 1.165) is 31.7 Å². The first-order chi connectivity index (χ1) is 9.60. The predicted octanol–water partition coefficient (Wildman–Crippen LogP) is 0.843. The van der Waals surface area contributed by atoms with Gasteiger partial charge in [-0.3, -0.25) is 4.79 Å². The number of anilines is 1. The minimum Gasteiger partial charge on any atom is -0.394 e. The fourth-order valence-corrected chi connectivity index (χ4v) is 2.36. The van der Waals surface area contributed by atoms with Crippen LogP contribution in [0.25, 0.3) is 0 Å². The first kappa shape index (κ1) is 15.0. The number of nitrogens with one attached hydrogen (secondary N) is 1. The number of hydrogen-bond donors (Lipinski definition) is 2. The van der Waals surface area contributed by atoms with Crippen molar-refractivity contribution in [2.75, 3.05) is 24.6 Å². The Balaban J connectivity index is 1.86. The second-order valence-electron chi connectivity index (χ2n) is 5.07. The Morgan fingerprint density at radius 3 is 2.75 bits per heavy atom. The van der Waals surface area contributed by atoms with Gasteiger partial charge >= 0.3 is 0 Å². The molecule has 0 spiro atoms. The summed E-state index contributed by atoms with van der Waals surface area (Å²) in [6.45, 7) is 3.28. The molecule has 110 valence electrons. The van der Waals surface area contributed by atoms with Crippen molar-refractivity contribution in [2.45, 2.75) is 25.8 Å². The van der Waals surface area contributed by atoms with Gasteiger partial charge in [0.25, 0.3) is 0 Å². The second-order valence-corrected chi connectivity index (χ2v) is 5.46. The Bertz CT molecular complexity index is 446. The first-order valence-corrected chi connectivity index (χ1v) is 7.13. The number of nitrogens with zero attached hydrogens (tertiary/aromatic N) is 3. The molecule has 6 nitrogen and oxygen atoms in total. The minimum atomic E-state index is -0.192. The summed E-state index contributed by atoms with van der Waals surface area (Å²) in [5, 5.41) is 20.0. The van der Waals surface area contributed by atoms with Crippen molar-refractivity contribution >= 4 is 23.3 Å². The van der Waals surface area contributed by atoms with Gasteiger partial charge in [0, 0.05) is 25.0 Å². The summed E-state index contributed by atoms with van der Waals surface area (Å²) in [4.78, 5) is 14.1. The SMILES string of the molecule is CC(CO)NC(=O)C1CCN(c2ccc(Cl)nn2)CC1. The van der Waals surface area contributed by atoms with Gasteiger partial charge in [-0.25, -0.2) is 0 Å². The van der Waals surface area contributed by atoms with Crippen LogP contribution in [0.15, 0.2) is 12.1 Å². The molecule has 1 aliphatic heterocycles. The number of rotatable bonds is 4. The molecule has 0 bridgehead atoms. The Labute approximate surface area is 123 Å². The lowest BCUT2D eigenvalue weighted by molar-refractivity contribution is -0.126. The van der Waals surface area contributed by atoms with Crippen molar-refractivity contribution in [3.05, 3.63) is 17.3 Å². The van der Waals surface area contributed by atoms with Crippen LogP contribution in [0.2, 0.25) is 5.15 Å². The molecule has 0 aromatic carbocycles. The zero-order chi connectivity index (χ0) is 14.5. The third kappa shape index (κ3) is 3.80. The summed E-state index contributed by atoms with van der Waals surface area (Å²) in [5.74, 6) is 0.811. The second kappa shape index (κ2) is 6.85. The van der Waals surface area contributed by atoms with Crippen LogP contribution in [0, 0.1) is 5.92 Å². The van der Waals surface area contributed by atoms with Crippen LogP contribution in [0.1, 0.15) is 19.8 Å². The lowest BCUT2D eigenvalue weighted by Crippen LogP contribution is -2.44. The molecule has 1 unspecified atom stereocenters. The fourth-order valence-electron chi connectivity index (χ4n) is 2.25. The summed E-state index contributed by atoms with van der Waals surface area (Å²) in [6.07, 6.45) is 1.54. The van der Waals surface area contributed by atoms with E-state index in [1.54, 1.807) is 13.0 Å². The van der Waals surface area contributed by atoms with Crippen molar-refractivity contribution in [1.29, 1.82) is 0 Å². The number of amides is 1. The highest BCUT2D eigenvalue weighted by Gasteiger charge is 2.26. The normalized spacial score (nSPS) is 17.9. The van der Waals surface area contributed by atoms with E-state index >= 15 is 0 Å². The highest BCUT2D eigenvalue weighted by Crippen LogP contribution is 2.22. The third-order valence-corrected chi connectivity index (χ3v) is 3.67. The number of aromatic nitrogens is 2. The van der Waals surface area contributed by atoms with Gasteiger partial charge < -0.3 is 15.3 Å². The van der Waals surface area contributed by atoms with Gasteiger partial charge in [0.15, 0.2) is 11.0 Å². The number of aliphatic hydroxyl groups is 1. The van der Waals surface area contributed by atoms with Crippen LogP contribution in [-0.4, -0.2) is 46.9 Å². The number of carbonyl (C=O) groups is 1. The van der Waals surface area contributed by atoms with Crippen LogP contribution in [0.3, 0.4) is 0 Å². The lowest BCUT2D eigenvalue weighted by Gasteiger charge is -2.32. The first-order valence-electron chi connectivity index (χ1n) is 6.75. The molecule has 0 saturated carbocycles. The average Bonchev–Trinajstić information content (AvgIpc) is 2.48. The summed E-state index contributed by atoms with van der Waals surface area (Å²) < 4.78 is 0. The van der Waals surface area contributed by atoms with E-state index < -0.39 is 0 Å². The van der Waals surface area contributed by atoms with Gasteiger partial charge in [-0.1, -0.05) is 11.6 Å². The van der Waals surface area contributed by atoms with Gasteiger partial charge in [-0.15, -0.1) is 10.2 Å². The predicted molar refractivity (Wildman–Crippen MR) is 76.7 cm³/mol. The van der Waals surface area contributed by atoms with Crippen molar-refractivity contribution < 1.29 is 9.90 Å². The van der Waals surface area contributed by atoms with Crippen molar-refractivity contribution in [1.82, 2.24) is 15.5 Å². The van der Waals surface area contributed by atoms with Crippen LogP contribution in [0.5, 0.6) is 0 Å². The standard InChI is InChI=1S/C13H19ClN4O2/c1-9(8-19)15-13(20)10-4-6-18(7-5-10)12-3-2-11(14)16-17-12/h2-3,9-10,19H,4-8H2,1H3,(H,15,20). The quantitative estimate of drug-likeness (QED) is 0.861. The maximum atomic E-state index is 12.0. The number of aliphatic hydroxyl groups excluding tert-OH is 1. The Kier molecular flexibility index (Phi) is 5.14. The summed E-state index contributed by atoms with van der Waals surface area (Å²) in [6, 6.07) is 3.36. The molecule has 0 radical (unpaired) electrons. The van der Waals surface area contributed by atoms with Crippen LogP contribution in [-0.2, 0) is 4.79 Å². The van der Waals surface area contributed by atoms with Crippen molar-refractivity contribution in [2.24, 2.45) is 5.92 Å². The summed E-state index contributed by atoms with van der Waals surface area (Å²) in [7, 11) is 0. The molecule has 7 heteroatoms. The van der Waals surface area contributed by atoms with Gasteiger partial charge in [0.1, 0.15) is 0 Å². The number of hydrogen-bond acceptors (Lipinski definition) is 5. The van der Waals surface area contributed by atoms with E-state index in [4.69, 9.17) is 16.7 Å². The van der Waals surface area contributed by atoms with Crippen LogP contribution in [0.4, 0.5) is 5.82 Å². The third-order valence-electron chi connectivity index (χ3n) is 3.47. The zero-order valence-electron chi connectivity index (χ0n) is 11.4. The van der Waals surface area contributed by atoms with E-state index in [-0.39, 0.29) is 24.5 Å². The monoisotopic (exact) mass is 298 g/mol. The molecule has 20 heavy (non-hydrogen) atoms. The maximum Gasteiger partial charge on any atom is 0.223 e. The molecular formula is C13H19ClN4O2. The summed E-state index contributed by atoms with van der Waals surface area (Å²) >= 11 is 5.71. The van der Waals surface area contributed by atoms with Crippen LogP contribution >= 0.6 is 11.6 Å². The number of piperidine rings is 1. The van der Waals surface area contributed by atoms with Gasteiger partial charge in [-0.05, 0) is 31.9 Å². The van der Waals surface area contributed by atoms with Crippen molar-refractivity contribution in [3.8, 4) is 0 Å². The van der Waals surface area contributed by atoms with Gasteiger partial charge in [-0.2, -0.15) is 0 Å². The molecule has 0 aliphatic carbocycles. The molecule has 1 amide bonds. The van der Waals surface area contributed by atoms with E-state index in [1.807, 2.05) is 6.07 Å². The van der Waals surface area contributed by atoms with E-state index in [0.29, 0.717) is 5.15 Å². The van der Waals surface area contributed by atoms with E-state index in [1.165, 1.54) is 0 Å². The summed E-state index contributed by atoms with van der Waals surface area (Å²) in [5.41, 5.74) is 0. The molecule has 1 aliphatic rings. The Morgan fingerprint density at radius 1 is 1.50 bits per heavy atom. The smallest absolute Gasteiger partial charge is 0.223 e. The zero-order valence-corrected chi connectivity index (χ0v) is 12.2. The molecule has 1 saturated heterocycles. The molecule has 2 heterocycles. The average molecular weight is 299 g/mol. The fraction of sp³-hybridized carbons (Fsp3) is 0.615. The lowest BCUT2D eigenvalue weighted by atomic mass is 9.95. The van der Waals surface area contributed by atoms with Gasteiger partial charge in [0.2, 0.25) is 5.91 Å². The molecule has 1 aromatic rings. The molecule has 1 fully saturated rings. The highest BCUT2D eigenvalue weighted by molar-refractivity contribution is 6.29. The van der Waals surface area contributed by atoms with Crippen LogP contribution < -0.4 is 10.2 Å². The topological polar surface area (TPSA) is 78.4 Å². The number of carbonyl (C=O) groups excluding carboxylic acids is 1. The van der Waals surface area contributed by atoms with Crippen molar-refractivity contribution in [3.63, 3.8) is 0 Å². The molecule has 2 rings (SSSR count). The molecule has 2 N–H and O–H groups in total.